The molecule has 0 unspecified atom stereocenters. The van der Waals surface area contributed by atoms with Gasteiger partial charge in [0, 0.05) is 32.3 Å². The predicted molar refractivity (Wildman–Crippen MR) is 85.4 cm³/mol. The molecule has 24 heavy (non-hydrogen) atoms. The molecule has 3 saturated heterocycles. The maximum atomic E-state index is 12.9. The monoisotopic (exact) mass is 337 g/mol. The number of ether oxygens (including phenoxy) is 3. The molecular formula is C17H24FN3O3. The number of hydrogen-bond acceptors (Lipinski definition) is 6. The predicted octanol–water partition coefficient (Wildman–Crippen LogP) is 1.65. The van der Waals surface area contributed by atoms with Gasteiger partial charge in [-0.3, -0.25) is 0 Å². The molecule has 0 radical (unpaired) electrons. The average Bonchev–Trinajstić information content (AvgIpc) is 2.99. The van der Waals surface area contributed by atoms with E-state index >= 15 is 0 Å². The Labute approximate surface area is 141 Å². The van der Waals surface area contributed by atoms with Crippen LogP contribution in [0.3, 0.4) is 0 Å². The Bertz CT molecular complexity index is 545. The second kappa shape index (κ2) is 6.90. The van der Waals surface area contributed by atoms with Crippen molar-refractivity contribution in [2.45, 2.75) is 24.9 Å². The van der Waals surface area contributed by atoms with Crippen LogP contribution in [0.25, 0.3) is 0 Å². The summed E-state index contributed by atoms with van der Waals surface area (Å²) >= 11 is 0. The number of hydrogen-bond donors (Lipinski definition) is 0. The zero-order valence-corrected chi connectivity index (χ0v) is 13.8. The number of anilines is 1. The Balaban J connectivity index is 1.27. The van der Waals surface area contributed by atoms with Crippen molar-refractivity contribution in [3.05, 3.63) is 18.2 Å². The van der Waals surface area contributed by atoms with Crippen LogP contribution in [0.1, 0.15) is 19.3 Å². The highest BCUT2D eigenvalue weighted by Gasteiger charge is 2.53. The lowest BCUT2D eigenvalue weighted by Crippen LogP contribution is -2.66. The van der Waals surface area contributed by atoms with E-state index in [-0.39, 0.29) is 5.60 Å². The SMILES string of the molecule is Fc1cnc(N2CC3(C2)OCC[C@H]3COCC2CCOCC2)nc1. The van der Waals surface area contributed by atoms with Gasteiger partial charge in [0.25, 0.3) is 0 Å². The largest absolute Gasteiger partial charge is 0.381 e. The van der Waals surface area contributed by atoms with E-state index in [0.717, 1.165) is 65.4 Å². The van der Waals surface area contributed by atoms with Gasteiger partial charge in [0.05, 0.1) is 32.1 Å². The van der Waals surface area contributed by atoms with Crippen molar-refractivity contribution in [3.63, 3.8) is 0 Å². The van der Waals surface area contributed by atoms with Gasteiger partial charge >= 0.3 is 0 Å². The molecule has 0 aliphatic carbocycles. The topological polar surface area (TPSA) is 56.7 Å². The molecule has 3 aliphatic heterocycles. The highest BCUT2D eigenvalue weighted by molar-refractivity contribution is 5.38. The second-order valence-corrected chi connectivity index (χ2v) is 7.05. The van der Waals surface area contributed by atoms with E-state index in [9.17, 15) is 4.39 Å². The Morgan fingerprint density at radius 3 is 2.62 bits per heavy atom. The molecule has 4 heterocycles. The van der Waals surface area contributed by atoms with Crippen molar-refractivity contribution >= 4 is 5.95 Å². The third kappa shape index (κ3) is 3.25. The van der Waals surface area contributed by atoms with E-state index in [0.29, 0.717) is 17.8 Å². The third-order valence-corrected chi connectivity index (χ3v) is 5.42. The molecule has 0 bridgehead atoms. The molecule has 1 atom stereocenters. The third-order valence-electron chi connectivity index (χ3n) is 5.42. The molecule has 0 aromatic carbocycles. The molecule has 0 N–H and O–H groups in total. The summed E-state index contributed by atoms with van der Waals surface area (Å²) in [5.74, 6) is 1.20. The lowest BCUT2D eigenvalue weighted by Gasteiger charge is -2.50. The molecule has 1 aromatic rings. The van der Waals surface area contributed by atoms with E-state index < -0.39 is 5.82 Å². The average molecular weight is 337 g/mol. The van der Waals surface area contributed by atoms with Crippen LogP contribution in [-0.2, 0) is 14.2 Å². The molecule has 132 valence electrons. The summed E-state index contributed by atoms with van der Waals surface area (Å²) < 4.78 is 30.4. The normalized spacial score (nSPS) is 26.7. The van der Waals surface area contributed by atoms with E-state index in [1.54, 1.807) is 0 Å². The molecule has 3 aliphatic rings. The Hall–Kier alpha value is -1.31. The summed E-state index contributed by atoms with van der Waals surface area (Å²) in [5.41, 5.74) is -0.145. The zero-order valence-electron chi connectivity index (χ0n) is 13.8. The summed E-state index contributed by atoms with van der Waals surface area (Å²) in [4.78, 5) is 10.1. The lowest BCUT2D eigenvalue weighted by molar-refractivity contribution is -0.0698. The first-order valence-electron chi connectivity index (χ1n) is 8.77. The Morgan fingerprint density at radius 1 is 1.12 bits per heavy atom. The van der Waals surface area contributed by atoms with Crippen LogP contribution >= 0.6 is 0 Å². The standard InChI is InChI=1S/C17H24FN3O3/c18-15-7-19-16(20-8-15)21-11-17(12-21)14(3-6-24-17)10-23-9-13-1-4-22-5-2-13/h7-8,13-14H,1-6,9-12H2/t14-/m0/s1. The Kier molecular flexibility index (Phi) is 4.65. The summed E-state index contributed by atoms with van der Waals surface area (Å²) in [6.45, 7) is 5.57. The first kappa shape index (κ1) is 16.2. The van der Waals surface area contributed by atoms with Crippen LogP contribution in [0.2, 0.25) is 0 Å². The maximum Gasteiger partial charge on any atom is 0.225 e. The minimum atomic E-state index is -0.412. The number of rotatable bonds is 5. The van der Waals surface area contributed by atoms with Crippen LogP contribution in [0.15, 0.2) is 12.4 Å². The van der Waals surface area contributed by atoms with Gasteiger partial charge < -0.3 is 19.1 Å². The quantitative estimate of drug-likeness (QED) is 0.814. The minimum Gasteiger partial charge on any atom is -0.381 e. The van der Waals surface area contributed by atoms with Gasteiger partial charge in [-0.2, -0.15) is 0 Å². The van der Waals surface area contributed by atoms with Gasteiger partial charge in [0.1, 0.15) is 5.60 Å². The van der Waals surface area contributed by atoms with Gasteiger partial charge in [0.15, 0.2) is 5.82 Å². The van der Waals surface area contributed by atoms with Crippen LogP contribution < -0.4 is 4.90 Å². The van der Waals surface area contributed by atoms with Gasteiger partial charge in [-0.05, 0) is 25.2 Å². The first-order chi connectivity index (χ1) is 11.8. The van der Waals surface area contributed by atoms with Crippen molar-refractivity contribution in [1.82, 2.24) is 9.97 Å². The molecule has 6 nitrogen and oxygen atoms in total. The van der Waals surface area contributed by atoms with Gasteiger partial charge in [-0.25, -0.2) is 14.4 Å². The van der Waals surface area contributed by atoms with Crippen LogP contribution in [-0.4, -0.2) is 61.7 Å². The van der Waals surface area contributed by atoms with Crippen LogP contribution in [0, 0.1) is 17.7 Å². The van der Waals surface area contributed by atoms with Crippen molar-refractivity contribution in [2.75, 3.05) is 51.0 Å². The minimum absolute atomic E-state index is 0.145. The molecule has 0 amide bonds. The fourth-order valence-electron chi connectivity index (χ4n) is 3.87. The van der Waals surface area contributed by atoms with Crippen molar-refractivity contribution < 1.29 is 18.6 Å². The number of nitrogens with zero attached hydrogens (tertiary/aromatic N) is 3. The summed E-state index contributed by atoms with van der Waals surface area (Å²) in [5, 5.41) is 0. The lowest BCUT2D eigenvalue weighted by atomic mass is 9.81. The first-order valence-corrected chi connectivity index (χ1v) is 8.77. The molecule has 1 aromatic heterocycles. The maximum absolute atomic E-state index is 12.9. The smallest absolute Gasteiger partial charge is 0.225 e. The number of halogens is 1. The Morgan fingerprint density at radius 2 is 1.88 bits per heavy atom. The van der Waals surface area contributed by atoms with Crippen molar-refractivity contribution in [2.24, 2.45) is 11.8 Å². The summed E-state index contributed by atoms with van der Waals surface area (Å²) in [6.07, 6.45) is 5.64. The van der Waals surface area contributed by atoms with Crippen LogP contribution in [0.4, 0.5) is 10.3 Å². The van der Waals surface area contributed by atoms with Crippen molar-refractivity contribution in [1.29, 1.82) is 0 Å². The van der Waals surface area contributed by atoms with Gasteiger partial charge in [0.2, 0.25) is 5.95 Å². The fraction of sp³-hybridized carbons (Fsp3) is 0.765. The highest BCUT2D eigenvalue weighted by Crippen LogP contribution is 2.41. The van der Waals surface area contributed by atoms with Gasteiger partial charge in [-0.15, -0.1) is 0 Å². The highest BCUT2D eigenvalue weighted by atomic mass is 19.1. The van der Waals surface area contributed by atoms with E-state index in [1.165, 1.54) is 12.4 Å². The molecule has 0 saturated carbocycles. The van der Waals surface area contributed by atoms with Crippen molar-refractivity contribution in [3.8, 4) is 0 Å². The fourth-order valence-corrected chi connectivity index (χ4v) is 3.87. The zero-order chi connectivity index (χ0) is 16.4. The summed E-state index contributed by atoms with van der Waals surface area (Å²) in [7, 11) is 0. The van der Waals surface area contributed by atoms with Gasteiger partial charge in [-0.1, -0.05) is 0 Å². The van der Waals surface area contributed by atoms with Crippen LogP contribution in [0.5, 0.6) is 0 Å². The van der Waals surface area contributed by atoms with E-state index in [4.69, 9.17) is 14.2 Å². The molecule has 3 fully saturated rings. The number of aromatic nitrogens is 2. The molecular weight excluding hydrogens is 313 g/mol. The molecule has 7 heteroatoms. The second-order valence-electron chi connectivity index (χ2n) is 7.05. The van der Waals surface area contributed by atoms with E-state index in [1.807, 2.05) is 4.90 Å². The molecule has 1 spiro atoms. The molecule has 4 rings (SSSR count). The van der Waals surface area contributed by atoms with E-state index in [2.05, 4.69) is 9.97 Å². The summed E-state index contributed by atoms with van der Waals surface area (Å²) in [6, 6.07) is 0.